The Morgan fingerprint density at radius 3 is 2.65 bits per heavy atom. The molecule has 3 rings (SSSR count). The van der Waals surface area contributed by atoms with Gasteiger partial charge in [0, 0.05) is 26.8 Å². The number of amides is 1. The Morgan fingerprint density at radius 2 is 2.06 bits per heavy atom. The van der Waals surface area contributed by atoms with Gasteiger partial charge in [0.15, 0.2) is 5.65 Å². The van der Waals surface area contributed by atoms with Crippen LogP contribution in [0, 0.1) is 3.57 Å². The number of rotatable bonds is 4. The SMILES string of the molecule is CN(C)S(=O)(=O)n1cc(I)c2ncc(N3CC[C@H](NC(=O)OC(C)(C)C)[C@H](F)C3)nc21. The topological polar surface area (TPSA) is 110 Å². The van der Waals surface area contributed by atoms with Gasteiger partial charge < -0.3 is 15.0 Å². The Morgan fingerprint density at radius 1 is 1.39 bits per heavy atom. The van der Waals surface area contributed by atoms with Gasteiger partial charge in [0.05, 0.1) is 22.4 Å². The quantitative estimate of drug-likeness (QED) is 0.563. The van der Waals surface area contributed by atoms with Crippen molar-refractivity contribution in [2.75, 3.05) is 32.1 Å². The molecule has 0 bridgehead atoms. The highest BCUT2D eigenvalue weighted by molar-refractivity contribution is 14.1. The van der Waals surface area contributed by atoms with E-state index in [1.54, 1.807) is 25.7 Å². The fraction of sp³-hybridized carbons (Fsp3) is 0.611. The fourth-order valence-corrected chi connectivity index (χ4v) is 4.94. The maximum atomic E-state index is 14.8. The van der Waals surface area contributed by atoms with Crippen LogP contribution in [0.25, 0.3) is 11.2 Å². The molecule has 10 nitrogen and oxygen atoms in total. The largest absolute Gasteiger partial charge is 0.444 e. The van der Waals surface area contributed by atoms with Crippen molar-refractivity contribution in [2.24, 2.45) is 0 Å². The van der Waals surface area contributed by atoms with Crippen molar-refractivity contribution < 1.29 is 22.3 Å². The summed E-state index contributed by atoms with van der Waals surface area (Å²) in [6, 6.07) is -0.679. The molecule has 13 heteroatoms. The zero-order chi connectivity index (χ0) is 23.1. The maximum absolute atomic E-state index is 14.8. The van der Waals surface area contributed by atoms with Gasteiger partial charge in [-0.3, -0.25) is 0 Å². The van der Waals surface area contributed by atoms with Gasteiger partial charge in [-0.1, -0.05) is 0 Å². The molecular formula is C18H26FIN6O4S. The number of piperidine rings is 1. The van der Waals surface area contributed by atoms with E-state index in [1.165, 1.54) is 26.5 Å². The summed E-state index contributed by atoms with van der Waals surface area (Å²) in [5.74, 6) is 0.371. The van der Waals surface area contributed by atoms with Gasteiger partial charge in [-0.15, -0.1) is 0 Å². The zero-order valence-electron chi connectivity index (χ0n) is 18.0. The molecule has 1 saturated heterocycles. The van der Waals surface area contributed by atoms with Gasteiger partial charge in [0.25, 0.3) is 0 Å². The van der Waals surface area contributed by atoms with Crippen LogP contribution in [0.5, 0.6) is 0 Å². The number of alkyl halides is 1. The van der Waals surface area contributed by atoms with Crippen LogP contribution in [0.2, 0.25) is 0 Å². The van der Waals surface area contributed by atoms with Crippen LogP contribution >= 0.6 is 22.6 Å². The van der Waals surface area contributed by atoms with Crippen molar-refractivity contribution in [3.8, 4) is 0 Å². The lowest BCUT2D eigenvalue weighted by Crippen LogP contribution is -2.53. The molecule has 1 aliphatic heterocycles. The van der Waals surface area contributed by atoms with Crippen molar-refractivity contribution >= 4 is 55.9 Å². The summed E-state index contributed by atoms with van der Waals surface area (Å²) >= 11 is 2.00. The second-order valence-electron chi connectivity index (χ2n) is 8.47. The van der Waals surface area contributed by atoms with Gasteiger partial charge in [-0.05, 0) is 49.8 Å². The monoisotopic (exact) mass is 568 g/mol. The predicted octanol–water partition coefficient (Wildman–Crippen LogP) is 2.13. The number of fused-ring (bicyclic) bond motifs is 1. The lowest BCUT2D eigenvalue weighted by atomic mass is 10.0. The molecule has 31 heavy (non-hydrogen) atoms. The highest BCUT2D eigenvalue weighted by atomic mass is 127. The number of ether oxygens (including phenoxy) is 1. The van der Waals surface area contributed by atoms with E-state index in [-0.39, 0.29) is 12.2 Å². The van der Waals surface area contributed by atoms with E-state index in [2.05, 4.69) is 15.3 Å². The zero-order valence-corrected chi connectivity index (χ0v) is 20.9. The van der Waals surface area contributed by atoms with Crippen LogP contribution in [0.1, 0.15) is 27.2 Å². The molecule has 1 aliphatic rings. The third kappa shape index (κ3) is 5.19. The summed E-state index contributed by atoms with van der Waals surface area (Å²) in [5.41, 5.74) is -0.0333. The molecular weight excluding hydrogens is 542 g/mol. The molecule has 1 amide bonds. The lowest BCUT2D eigenvalue weighted by Gasteiger charge is -2.35. The van der Waals surface area contributed by atoms with Crippen LogP contribution in [0.15, 0.2) is 12.4 Å². The smallest absolute Gasteiger partial charge is 0.407 e. The van der Waals surface area contributed by atoms with E-state index in [1.807, 2.05) is 22.6 Å². The Labute approximate surface area is 194 Å². The summed E-state index contributed by atoms with van der Waals surface area (Å²) < 4.78 is 48.1. The molecule has 2 atom stereocenters. The van der Waals surface area contributed by atoms with Gasteiger partial charge in [0.2, 0.25) is 0 Å². The first kappa shape index (κ1) is 23.9. The molecule has 0 saturated carbocycles. The molecule has 0 radical (unpaired) electrons. The van der Waals surface area contributed by atoms with E-state index in [0.717, 1.165) is 8.28 Å². The van der Waals surface area contributed by atoms with Crippen LogP contribution in [0.3, 0.4) is 0 Å². The molecule has 172 valence electrons. The highest BCUT2D eigenvalue weighted by Crippen LogP contribution is 2.26. The number of hydrogen-bond donors (Lipinski definition) is 1. The van der Waals surface area contributed by atoms with Gasteiger partial charge in [-0.25, -0.2) is 23.1 Å². The lowest BCUT2D eigenvalue weighted by molar-refractivity contribution is 0.0463. The second-order valence-corrected chi connectivity index (χ2v) is 11.6. The summed E-state index contributed by atoms with van der Waals surface area (Å²) in [6.07, 6.45) is 1.30. The van der Waals surface area contributed by atoms with Crippen molar-refractivity contribution in [3.05, 3.63) is 16.0 Å². The Balaban J connectivity index is 1.80. The first-order valence-corrected chi connectivity index (χ1v) is 12.1. The average molecular weight is 568 g/mol. The molecule has 1 N–H and O–H groups in total. The van der Waals surface area contributed by atoms with Gasteiger partial charge in [-0.2, -0.15) is 12.7 Å². The van der Waals surface area contributed by atoms with Crippen LogP contribution < -0.4 is 10.2 Å². The summed E-state index contributed by atoms with van der Waals surface area (Å²) in [5, 5.41) is 2.58. The van der Waals surface area contributed by atoms with E-state index in [4.69, 9.17) is 4.74 Å². The molecule has 1 fully saturated rings. The molecule has 0 unspecified atom stereocenters. The molecule has 2 aromatic rings. The number of alkyl carbamates (subject to hydrolysis) is 1. The maximum Gasteiger partial charge on any atom is 0.407 e. The number of halogens is 2. The number of nitrogens with one attached hydrogen (secondary N) is 1. The summed E-state index contributed by atoms with van der Waals surface area (Å²) in [6.45, 7) is 5.62. The highest BCUT2D eigenvalue weighted by Gasteiger charge is 2.33. The number of aromatic nitrogens is 3. The van der Waals surface area contributed by atoms with Crippen molar-refractivity contribution in [3.63, 3.8) is 0 Å². The molecule has 3 heterocycles. The average Bonchev–Trinajstić information content (AvgIpc) is 2.98. The third-order valence-electron chi connectivity index (χ3n) is 4.68. The first-order chi connectivity index (χ1) is 14.3. The normalized spacial score (nSPS) is 20.3. The van der Waals surface area contributed by atoms with Crippen molar-refractivity contribution in [2.45, 2.75) is 45.0 Å². The predicted molar refractivity (Wildman–Crippen MR) is 123 cm³/mol. The number of anilines is 1. The van der Waals surface area contributed by atoms with Crippen molar-refractivity contribution in [1.29, 1.82) is 0 Å². The number of hydrogen-bond acceptors (Lipinski definition) is 7. The Kier molecular flexibility index (Phi) is 6.68. The standard InChI is InChI=1S/C18H26FIN6O4S/c1-18(2,3)30-17(27)22-13-6-7-25(9-11(13)19)14-8-21-15-12(20)10-26(16(15)23-14)31(28,29)24(4)5/h8,10-11,13H,6-7,9H2,1-5H3,(H,22,27)/t11-,13+/m1/s1. The third-order valence-corrected chi connectivity index (χ3v) is 7.17. The fourth-order valence-electron chi connectivity index (χ4n) is 3.16. The minimum Gasteiger partial charge on any atom is -0.444 e. The molecule has 0 aromatic carbocycles. The Bertz CT molecular complexity index is 1080. The van der Waals surface area contributed by atoms with Crippen LogP contribution in [-0.2, 0) is 14.9 Å². The minimum absolute atomic E-state index is 0.0150. The second kappa shape index (κ2) is 8.65. The minimum atomic E-state index is -3.79. The number of nitrogens with zero attached hydrogens (tertiary/aromatic N) is 5. The molecule has 2 aromatic heterocycles. The van der Waals surface area contributed by atoms with E-state index >= 15 is 0 Å². The van der Waals surface area contributed by atoms with E-state index in [9.17, 15) is 17.6 Å². The molecule has 0 aliphatic carbocycles. The number of carbonyl (C=O) groups is 1. The van der Waals surface area contributed by atoms with Crippen molar-refractivity contribution in [1.82, 2.24) is 23.6 Å². The molecule has 0 spiro atoms. The summed E-state index contributed by atoms with van der Waals surface area (Å²) in [4.78, 5) is 22.5. The number of carbonyl (C=O) groups excluding carboxylic acids is 1. The van der Waals surface area contributed by atoms with Gasteiger partial charge >= 0.3 is 16.3 Å². The van der Waals surface area contributed by atoms with Crippen LogP contribution in [0.4, 0.5) is 15.0 Å². The summed E-state index contributed by atoms with van der Waals surface area (Å²) in [7, 11) is -0.926. The first-order valence-electron chi connectivity index (χ1n) is 9.65. The van der Waals surface area contributed by atoms with E-state index in [0.29, 0.717) is 27.9 Å². The van der Waals surface area contributed by atoms with E-state index < -0.39 is 34.1 Å². The van der Waals surface area contributed by atoms with Gasteiger partial charge in [0.1, 0.15) is 23.1 Å². The Hall–Kier alpha value is -1.74. The van der Waals surface area contributed by atoms with Crippen LogP contribution in [-0.4, -0.2) is 77.8 Å².